The van der Waals surface area contributed by atoms with Crippen molar-refractivity contribution in [3.8, 4) is 23.0 Å². The minimum absolute atomic E-state index is 0.0543. The molecule has 0 amide bonds. The predicted octanol–water partition coefficient (Wildman–Crippen LogP) is 5.21. The van der Waals surface area contributed by atoms with Crippen LogP contribution in [-0.4, -0.2) is 33.1 Å². The lowest BCUT2D eigenvalue weighted by molar-refractivity contribution is -0.153. The van der Waals surface area contributed by atoms with Crippen molar-refractivity contribution in [3.05, 3.63) is 64.3 Å². The SMILES string of the molecule is CC(C)(C)OC(=O)CNCc1ccnc(-c2ccc(Oc3ncc(Cl)cc3F)cc2Cl)n1. The number of nitrogens with zero attached hydrogens (tertiary/aromatic N) is 3. The summed E-state index contributed by atoms with van der Waals surface area (Å²) < 4.78 is 24.6. The molecule has 3 aromatic rings. The first-order chi connectivity index (χ1) is 15.1. The van der Waals surface area contributed by atoms with Gasteiger partial charge in [-0.05, 0) is 45.0 Å². The van der Waals surface area contributed by atoms with E-state index < -0.39 is 11.4 Å². The molecule has 2 aromatic heterocycles. The van der Waals surface area contributed by atoms with Crippen LogP contribution in [0.25, 0.3) is 11.4 Å². The fourth-order valence-corrected chi connectivity index (χ4v) is 3.02. The van der Waals surface area contributed by atoms with Crippen molar-refractivity contribution in [2.45, 2.75) is 32.9 Å². The largest absolute Gasteiger partial charge is 0.459 e. The number of aromatic nitrogens is 3. The van der Waals surface area contributed by atoms with E-state index in [4.69, 9.17) is 32.7 Å². The molecule has 2 heterocycles. The number of ether oxygens (including phenoxy) is 2. The lowest BCUT2D eigenvalue weighted by Gasteiger charge is -2.19. The number of carbonyl (C=O) groups is 1. The maximum atomic E-state index is 13.9. The molecule has 0 spiro atoms. The van der Waals surface area contributed by atoms with Gasteiger partial charge in [0, 0.05) is 30.6 Å². The third kappa shape index (κ3) is 6.85. The predicted molar refractivity (Wildman–Crippen MR) is 119 cm³/mol. The van der Waals surface area contributed by atoms with E-state index in [1.807, 2.05) is 20.8 Å². The molecule has 0 aliphatic rings. The summed E-state index contributed by atoms with van der Waals surface area (Å²) in [4.78, 5) is 24.4. The summed E-state index contributed by atoms with van der Waals surface area (Å²) in [7, 11) is 0. The molecule has 0 radical (unpaired) electrons. The molecule has 3 rings (SSSR count). The van der Waals surface area contributed by atoms with Gasteiger partial charge >= 0.3 is 5.97 Å². The first kappa shape index (κ1) is 23.8. The zero-order valence-corrected chi connectivity index (χ0v) is 19.2. The first-order valence-corrected chi connectivity index (χ1v) is 10.4. The maximum Gasteiger partial charge on any atom is 0.320 e. The van der Waals surface area contributed by atoms with E-state index in [-0.39, 0.29) is 23.4 Å². The molecule has 0 saturated carbocycles. The standard InChI is InChI=1S/C22H21Cl2FN4O3/c1-22(2,3)32-19(30)12-26-11-14-6-7-27-20(29-14)16-5-4-15(9-17(16)24)31-21-18(25)8-13(23)10-28-21/h4-10,26H,11-12H2,1-3H3. The molecule has 32 heavy (non-hydrogen) atoms. The zero-order valence-electron chi connectivity index (χ0n) is 17.7. The van der Waals surface area contributed by atoms with Gasteiger partial charge in [0.25, 0.3) is 5.88 Å². The molecule has 0 bridgehead atoms. The minimum Gasteiger partial charge on any atom is -0.459 e. The number of hydrogen-bond acceptors (Lipinski definition) is 7. The monoisotopic (exact) mass is 478 g/mol. The fourth-order valence-electron chi connectivity index (χ4n) is 2.62. The van der Waals surface area contributed by atoms with Crippen LogP contribution in [0, 0.1) is 5.82 Å². The second-order valence-electron chi connectivity index (χ2n) is 7.75. The second kappa shape index (κ2) is 10.2. The quantitative estimate of drug-likeness (QED) is 0.466. The highest BCUT2D eigenvalue weighted by atomic mass is 35.5. The van der Waals surface area contributed by atoms with Crippen molar-refractivity contribution in [2.24, 2.45) is 0 Å². The van der Waals surface area contributed by atoms with Gasteiger partial charge in [0.2, 0.25) is 0 Å². The number of benzene rings is 1. The van der Waals surface area contributed by atoms with Crippen LogP contribution in [0.1, 0.15) is 26.5 Å². The summed E-state index contributed by atoms with van der Waals surface area (Å²) in [6, 6.07) is 7.62. The smallest absolute Gasteiger partial charge is 0.320 e. The van der Waals surface area contributed by atoms with Crippen LogP contribution < -0.4 is 10.1 Å². The third-order valence-electron chi connectivity index (χ3n) is 3.88. The van der Waals surface area contributed by atoms with Crippen LogP contribution in [0.2, 0.25) is 10.0 Å². The lowest BCUT2D eigenvalue weighted by atomic mass is 10.2. The Morgan fingerprint density at radius 2 is 1.94 bits per heavy atom. The van der Waals surface area contributed by atoms with E-state index in [1.165, 1.54) is 12.3 Å². The average Bonchev–Trinajstić information content (AvgIpc) is 2.69. The Hall–Kier alpha value is -2.81. The van der Waals surface area contributed by atoms with E-state index >= 15 is 0 Å². The summed E-state index contributed by atoms with van der Waals surface area (Å²) in [5.41, 5.74) is 0.697. The van der Waals surface area contributed by atoms with Crippen LogP contribution >= 0.6 is 23.2 Å². The van der Waals surface area contributed by atoms with E-state index in [0.29, 0.717) is 34.4 Å². The van der Waals surface area contributed by atoms with Crippen LogP contribution in [0.5, 0.6) is 11.6 Å². The Labute approximate surface area is 194 Å². The molecule has 10 heteroatoms. The van der Waals surface area contributed by atoms with Crippen LogP contribution in [0.3, 0.4) is 0 Å². The fraction of sp³-hybridized carbons (Fsp3) is 0.273. The molecular weight excluding hydrogens is 458 g/mol. The van der Waals surface area contributed by atoms with E-state index in [9.17, 15) is 9.18 Å². The number of nitrogens with one attached hydrogen (secondary N) is 1. The Morgan fingerprint density at radius 1 is 1.16 bits per heavy atom. The molecule has 0 saturated heterocycles. The number of halogens is 3. The third-order valence-corrected chi connectivity index (χ3v) is 4.40. The van der Waals surface area contributed by atoms with Gasteiger partial charge in [0.1, 0.15) is 11.4 Å². The minimum atomic E-state index is -0.687. The van der Waals surface area contributed by atoms with Crippen molar-refractivity contribution in [1.29, 1.82) is 0 Å². The molecular formula is C22H21Cl2FN4O3. The van der Waals surface area contributed by atoms with Crippen LogP contribution in [0.15, 0.2) is 42.7 Å². The Kier molecular flexibility index (Phi) is 7.60. The van der Waals surface area contributed by atoms with Gasteiger partial charge in [-0.3, -0.25) is 4.79 Å². The average molecular weight is 479 g/mol. The molecule has 0 aliphatic carbocycles. The number of esters is 1. The summed E-state index contributed by atoms with van der Waals surface area (Å²) in [5.74, 6) is -0.561. The van der Waals surface area contributed by atoms with Crippen molar-refractivity contribution in [1.82, 2.24) is 20.3 Å². The van der Waals surface area contributed by atoms with Crippen molar-refractivity contribution in [3.63, 3.8) is 0 Å². The lowest BCUT2D eigenvalue weighted by Crippen LogP contribution is -2.31. The van der Waals surface area contributed by atoms with Gasteiger partial charge in [-0.25, -0.2) is 19.3 Å². The Morgan fingerprint density at radius 3 is 2.62 bits per heavy atom. The second-order valence-corrected chi connectivity index (χ2v) is 8.59. The molecule has 1 N–H and O–H groups in total. The van der Waals surface area contributed by atoms with Crippen LogP contribution in [-0.2, 0) is 16.1 Å². The molecule has 0 aliphatic heterocycles. The molecule has 0 unspecified atom stereocenters. The van der Waals surface area contributed by atoms with Gasteiger partial charge in [-0.2, -0.15) is 0 Å². The van der Waals surface area contributed by atoms with Gasteiger partial charge < -0.3 is 14.8 Å². The highest BCUT2D eigenvalue weighted by molar-refractivity contribution is 6.33. The highest BCUT2D eigenvalue weighted by Crippen LogP contribution is 2.32. The van der Waals surface area contributed by atoms with Gasteiger partial charge in [-0.1, -0.05) is 23.2 Å². The normalized spacial score (nSPS) is 11.3. The Bertz CT molecular complexity index is 1120. The van der Waals surface area contributed by atoms with Crippen molar-refractivity contribution in [2.75, 3.05) is 6.54 Å². The van der Waals surface area contributed by atoms with Gasteiger partial charge in [-0.15, -0.1) is 0 Å². The van der Waals surface area contributed by atoms with Gasteiger partial charge in [0.15, 0.2) is 11.6 Å². The molecule has 7 nitrogen and oxygen atoms in total. The zero-order chi connectivity index (χ0) is 23.3. The first-order valence-electron chi connectivity index (χ1n) is 9.64. The number of carbonyl (C=O) groups excluding carboxylic acids is 1. The number of pyridine rings is 1. The van der Waals surface area contributed by atoms with Crippen molar-refractivity contribution < 1.29 is 18.7 Å². The summed E-state index contributed by atoms with van der Waals surface area (Å²) in [5, 5.41) is 3.48. The molecule has 1 aromatic carbocycles. The highest BCUT2D eigenvalue weighted by Gasteiger charge is 2.16. The van der Waals surface area contributed by atoms with Crippen LogP contribution in [0.4, 0.5) is 4.39 Å². The Balaban J connectivity index is 1.67. The van der Waals surface area contributed by atoms with Crippen molar-refractivity contribution >= 4 is 29.2 Å². The van der Waals surface area contributed by atoms with E-state index in [0.717, 1.165) is 6.07 Å². The number of rotatable bonds is 7. The van der Waals surface area contributed by atoms with Gasteiger partial charge in [0.05, 0.1) is 22.3 Å². The summed E-state index contributed by atoms with van der Waals surface area (Å²) in [6.45, 7) is 5.83. The summed E-state index contributed by atoms with van der Waals surface area (Å²) >= 11 is 12.1. The maximum absolute atomic E-state index is 13.9. The molecule has 0 atom stereocenters. The topological polar surface area (TPSA) is 86.2 Å². The van der Waals surface area contributed by atoms with E-state index in [1.54, 1.807) is 24.4 Å². The molecule has 0 fully saturated rings. The van der Waals surface area contributed by atoms with E-state index in [2.05, 4.69) is 20.3 Å². The summed E-state index contributed by atoms with van der Waals surface area (Å²) in [6.07, 6.45) is 2.88. The molecule has 168 valence electrons. The number of hydrogen-bond donors (Lipinski definition) is 1.